The second-order valence-electron chi connectivity index (χ2n) is 5.50. The van der Waals surface area contributed by atoms with Crippen LogP contribution in [-0.4, -0.2) is 22.6 Å². The summed E-state index contributed by atoms with van der Waals surface area (Å²) in [7, 11) is 0. The first-order valence-electron chi connectivity index (χ1n) is 4.95. The normalized spacial score (nSPS) is 12.3. The minimum atomic E-state index is -0.899. The Kier molecular flexibility index (Phi) is 4.31. The molecular weight excluding hydrogens is 196 g/mol. The summed E-state index contributed by atoms with van der Waals surface area (Å²) in [5, 5.41) is 8.64. The third-order valence-electron chi connectivity index (χ3n) is 1.67. The maximum absolute atomic E-state index is 11.4. The van der Waals surface area contributed by atoms with Crippen LogP contribution in [0.15, 0.2) is 0 Å². The van der Waals surface area contributed by atoms with E-state index in [1.807, 2.05) is 0 Å². The van der Waals surface area contributed by atoms with Crippen LogP contribution in [0.2, 0.25) is 0 Å². The van der Waals surface area contributed by atoms with E-state index >= 15 is 0 Å². The van der Waals surface area contributed by atoms with E-state index in [0.717, 1.165) is 0 Å². The topological polar surface area (TPSA) is 63.6 Å². The van der Waals surface area contributed by atoms with E-state index in [1.54, 1.807) is 34.6 Å². The predicted octanol–water partition coefficient (Wildman–Crippen LogP) is 2.22. The lowest BCUT2D eigenvalue weighted by molar-refractivity contribution is -0.157. The number of hydrogen-bond donors (Lipinski definition) is 1. The van der Waals surface area contributed by atoms with Gasteiger partial charge >= 0.3 is 11.9 Å². The van der Waals surface area contributed by atoms with Crippen molar-refractivity contribution in [2.75, 3.05) is 0 Å². The SMILES string of the molecule is CC(C)(CC(=O)O)CC(=O)OC(C)(C)C. The van der Waals surface area contributed by atoms with E-state index in [2.05, 4.69) is 0 Å². The van der Waals surface area contributed by atoms with Crippen LogP contribution < -0.4 is 0 Å². The molecule has 0 amide bonds. The van der Waals surface area contributed by atoms with E-state index in [0.29, 0.717) is 0 Å². The molecule has 0 fully saturated rings. The van der Waals surface area contributed by atoms with Crippen LogP contribution >= 0.6 is 0 Å². The Morgan fingerprint density at radius 1 is 1.07 bits per heavy atom. The molecule has 0 aliphatic carbocycles. The first-order valence-corrected chi connectivity index (χ1v) is 4.95. The first-order chi connectivity index (χ1) is 6.52. The van der Waals surface area contributed by atoms with Crippen molar-refractivity contribution < 1.29 is 19.4 Å². The highest BCUT2D eigenvalue weighted by atomic mass is 16.6. The third kappa shape index (κ3) is 7.97. The number of rotatable bonds is 4. The Bertz CT molecular complexity index is 248. The second-order valence-corrected chi connectivity index (χ2v) is 5.50. The number of carboxylic acids is 1. The van der Waals surface area contributed by atoms with Gasteiger partial charge < -0.3 is 9.84 Å². The van der Waals surface area contributed by atoms with Crippen LogP contribution in [-0.2, 0) is 14.3 Å². The fourth-order valence-corrected chi connectivity index (χ4v) is 1.24. The summed E-state index contributed by atoms with van der Waals surface area (Å²) in [6, 6.07) is 0. The monoisotopic (exact) mass is 216 g/mol. The molecule has 4 heteroatoms. The molecule has 0 aliphatic heterocycles. The van der Waals surface area contributed by atoms with Crippen LogP contribution in [0.1, 0.15) is 47.5 Å². The molecule has 0 aromatic rings. The molecule has 0 aromatic carbocycles. The number of hydrogen-bond acceptors (Lipinski definition) is 3. The lowest BCUT2D eigenvalue weighted by atomic mass is 9.86. The lowest BCUT2D eigenvalue weighted by Gasteiger charge is -2.25. The van der Waals surface area contributed by atoms with Gasteiger partial charge in [-0.2, -0.15) is 0 Å². The Hall–Kier alpha value is -1.06. The minimum Gasteiger partial charge on any atom is -0.481 e. The first kappa shape index (κ1) is 13.9. The van der Waals surface area contributed by atoms with Crippen LogP contribution in [0.3, 0.4) is 0 Å². The van der Waals surface area contributed by atoms with Crippen molar-refractivity contribution in [2.45, 2.75) is 53.1 Å². The van der Waals surface area contributed by atoms with Crippen LogP contribution in [0, 0.1) is 5.41 Å². The molecule has 4 nitrogen and oxygen atoms in total. The van der Waals surface area contributed by atoms with Crippen LogP contribution in [0.25, 0.3) is 0 Å². The summed E-state index contributed by atoms with van der Waals surface area (Å²) in [5.41, 5.74) is -1.08. The molecule has 15 heavy (non-hydrogen) atoms. The van der Waals surface area contributed by atoms with Gasteiger partial charge in [-0.3, -0.25) is 9.59 Å². The van der Waals surface area contributed by atoms with Crippen molar-refractivity contribution in [3.05, 3.63) is 0 Å². The zero-order chi connectivity index (χ0) is 12.3. The number of carboxylic acid groups (broad SMARTS) is 1. The highest BCUT2D eigenvalue weighted by molar-refractivity contribution is 5.73. The van der Waals surface area contributed by atoms with Gasteiger partial charge in [-0.25, -0.2) is 0 Å². The molecule has 0 bridgehead atoms. The fraction of sp³-hybridized carbons (Fsp3) is 0.818. The summed E-state index contributed by atoms with van der Waals surface area (Å²) in [5.74, 6) is -1.25. The average Bonchev–Trinajstić information content (AvgIpc) is 1.73. The Morgan fingerprint density at radius 3 is 1.87 bits per heavy atom. The minimum absolute atomic E-state index is 0.0355. The Morgan fingerprint density at radius 2 is 1.53 bits per heavy atom. The molecule has 0 saturated carbocycles. The molecule has 0 unspecified atom stereocenters. The summed E-state index contributed by atoms with van der Waals surface area (Å²) in [4.78, 5) is 22.0. The summed E-state index contributed by atoms with van der Waals surface area (Å²) in [6.07, 6.45) is 0.0861. The number of carbonyl (C=O) groups is 2. The molecule has 0 rings (SSSR count). The quantitative estimate of drug-likeness (QED) is 0.732. The molecule has 0 saturated heterocycles. The van der Waals surface area contributed by atoms with Gasteiger partial charge in [-0.05, 0) is 26.2 Å². The van der Waals surface area contributed by atoms with Gasteiger partial charge in [0.2, 0.25) is 0 Å². The number of esters is 1. The molecule has 0 heterocycles. The number of aliphatic carboxylic acids is 1. The standard InChI is InChI=1S/C11H20O4/c1-10(2,3)15-9(14)7-11(4,5)6-8(12)13/h6-7H2,1-5H3,(H,12,13). The molecule has 0 atom stereocenters. The van der Waals surface area contributed by atoms with Crippen molar-refractivity contribution in [3.8, 4) is 0 Å². The molecule has 1 N–H and O–H groups in total. The van der Waals surface area contributed by atoms with E-state index < -0.39 is 17.0 Å². The molecular formula is C11H20O4. The van der Waals surface area contributed by atoms with Crippen LogP contribution in [0.5, 0.6) is 0 Å². The largest absolute Gasteiger partial charge is 0.481 e. The summed E-state index contributed by atoms with van der Waals surface area (Å²) < 4.78 is 5.12. The number of carbonyl (C=O) groups excluding carboxylic acids is 1. The summed E-state index contributed by atoms with van der Waals surface area (Å²) in [6.45, 7) is 8.84. The van der Waals surface area contributed by atoms with Crippen LogP contribution in [0.4, 0.5) is 0 Å². The van der Waals surface area contributed by atoms with Gasteiger partial charge in [0.15, 0.2) is 0 Å². The molecule has 0 spiro atoms. The van der Waals surface area contributed by atoms with E-state index in [4.69, 9.17) is 9.84 Å². The zero-order valence-corrected chi connectivity index (χ0v) is 10.1. The fourth-order valence-electron chi connectivity index (χ4n) is 1.24. The average molecular weight is 216 g/mol. The van der Waals surface area contributed by atoms with Gasteiger partial charge in [0.05, 0.1) is 12.8 Å². The van der Waals surface area contributed by atoms with E-state index in [1.165, 1.54) is 0 Å². The van der Waals surface area contributed by atoms with E-state index in [-0.39, 0.29) is 18.8 Å². The zero-order valence-electron chi connectivity index (χ0n) is 10.1. The molecule has 88 valence electrons. The Balaban J connectivity index is 4.22. The van der Waals surface area contributed by atoms with E-state index in [9.17, 15) is 9.59 Å². The highest BCUT2D eigenvalue weighted by Crippen LogP contribution is 2.26. The van der Waals surface area contributed by atoms with Gasteiger partial charge in [0.25, 0.3) is 0 Å². The maximum atomic E-state index is 11.4. The molecule has 0 aliphatic rings. The molecule has 0 radical (unpaired) electrons. The predicted molar refractivity (Wildman–Crippen MR) is 56.5 cm³/mol. The second kappa shape index (κ2) is 4.64. The van der Waals surface area contributed by atoms with Crippen molar-refractivity contribution in [1.82, 2.24) is 0 Å². The highest BCUT2D eigenvalue weighted by Gasteiger charge is 2.28. The van der Waals surface area contributed by atoms with Gasteiger partial charge in [-0.15, -0.1) is 0 Å². The summed E-state index contributed by atoms with van der Waals surface area (Å²) >= 11 is 0. The lowest BCUT2D eigenvalue weighted by Crippen LogP contribution is -2.28. The van der Waals surface area contributed by atoms with Gasteiger partial charge in [-0.1, -0.05) is 13.8 Å². The van der Waals surface area contributed by atoms with Crippen molar-refractivity contribution in [3.63, 3.8) is 0 Å². The van der Waals surface area contributed by atoms with Crippen molar-refractivity contribution >= 4 is 11.9 Å². The third-order valence-corrected chi connectivity index (χ3v) is 1.67. The Labute approximate surface area is 90.6 Å². The van der Waals surface area contributed by atoms with Gasteiger partial charge in [0, 0.05) is 0 Å². The maximum Gasteiger partial charge on any atom is 0.306 e. The smallest absolute Gasteiger partial charge is 0.306 e. The van der Waals surface area contributed by atoms with Crippen molar-refractivity contribution in [1.29, 1.82) is 0 Å². The van der Waals surface area contributed by atoms with Gasteiger partial charge in [0.1, 0.15) is 5.60 Å². The van der Waals surface area contributed by atoms with Crippen molar-refractivity contribution in [2.24, 2.45) is 5.41 Å². The molecule has 0 aromatic heterocycles. The number of ether oxygens (including phenoxy) is 1.